The topological polar surface area (TPSA) is 92.9 Å². The van der Waals surface area contributed by atoms with Gasteiger partial charge in [-0.1, -0.05) is 0 Å². The molecule has 1 aromatic rings. The largest absolute Gasteiger partial charge is 0.370 e. The molecule has 0 bridgehead atoms. The monoisotopic (exact) mass is 223 g/mol. The number of anilines is 2. The molecule has 0 aliphatic carbocycles. The molecule has 16 heavy (non-hydrogen) atoms. The molecule has 0 saturated heterocycles. The second-order valence-corrected chi connectivity index (χ2v) is 3.47. The molecule has 0 fully saturated rings. The van der Waals surface area contributed by atoms with Gasteiger partial charge in [0, 0.05) is 31.8 Å². The zero-order valence-corrected chi connectivity index (χ0v) is 9.58. The molecule has 1 rings (SSSR count). The number of amides is 1. The van der Waals surface area contributed by atoms with Gasteiger partial charge in [-0.05, 0) is 13.3 Å². The van der Waals surface area contributed by atoms with Crippen LogP contribution in [-0.2, 0) is 4.79 Å². The quantitative estimate of drug-likeness (QED) is 0.611. The first-order valence-corrected chi connectivity index (χ1v) is 5.17. The number of aromatic nitrogens is 2. The number of nitrogens with two attached hydrogens (primary N) is 1. The number of carbonyl (C=O) groups is 1. The van der Waals surface area contributed by atoms with Gasteiger partial charge in [0.2, 0.25) is 11.9 Å². The number of aryl methyl sites for hydroxylation is 1. The van der Waals surface area contributed by atoms with Crippen molar-refractivity contribution in [1.29, 1.82) is 0 Å². The van der Waals surface area contributed by atoms with Gasteiger partial charge in [0.05, 0.1) is 0 Å². The lowest BCUT2D eigenvalue weighted by Gasteiger charge is -2.08. The normalized spacial score (nSPS) is 9.88. The van der Waals surface area contributed by atoms with Crippen LogP contribution >= 0.6 is 0 Å². The third-order valence-corrected chi connectivity index (χ3v) is 2.09. The Labute approximate surface area is 94.7 Å². The van der Waals surface area contributed by atoms with Gasteiger partial charge in [-0.25, -0.2) is 4.98 Å². The van der Waals surface area contributed by atoms with E-state index in [9.17, 15) is 4.79 Å². The van der Waals surface area contributed by atoms with E-state index in [2.05, 4.69) is 20.6 Å². The smallest absolute Gasteiger partial charge is 0.224 e. The fourth-order valence-electron chi connectivity index (χ4n) is 1.21. The number of primary amides is 1. The summed E-state index contributed by atoms with van der Waals surface area (Å²) < 4.78 is 0. The molecule has 1 amide bonds. The predicted molar refractivity (Wildman–Crippen MR) is 63.2 cm³/mol. The second kappa shape index (κ2) is 5.89. The van der Waals surface area contributed by atoms with Gasteiger partial charge in [0.25, 0.3) is 0 Å². The SMILES string of the molecule is CNc1ncc(C)c(NCCCC(N)=O)n1. The Balaban J connectivity index is 2.49. The van der Waals surface area contributed by atoms with Gasteiger partial charge in [0.1, 0.15) is 5.82 Å². The minimum absolute atomic E-state index is 0.280. The highest BCUT2D eigenvalue weighted by Crippen LogP contribution is 2.11. The fourth-order valence-corrected chi connectivity index (χ4v) is 1.21. The van der Waals surface area contributed by atoms with Crippen molar-refractivity contribution in [3.8, 4) is 0 Å². The van der Waals surface area contributed by atoms with Crippen molar-refractivity contribution in [3.63, 3.8) is 0 Å². The average molecular weight is 223 g/mol. The van der Waals surface area contributed by atoms with Crippen LogP contribution in [0, 0.1) is 6.92 Å². The lowest BCUT2D eigenvalue weighted by Crippen LogP contribution is -2.13. The average Bonchev–Trinajstić information content (AvgIpc) is 2.26. The van der Waals surface area contributed by atoms with E-state index in [1.54, 1.807) is 13.2 Å². The highest BCUT2D eigenvalue weighted by Gasteiger charge is 2.02. The number of hydrogen-bond donors (Lipinski definition) is 3. The Morgan fingerprint density at radius 1 is 1.56 bits per heavy atom. The van der Waals surface area contributed by atoms with E-state index in [0.29, 0.717) is 25.3 Å². The van der Waals surface area contributed by atoms with E-state index in [4.69, 9.17) is 5.73 Å². The van der Waals surface area contributed by atoms with Crippen LogP contribution in [0.2, 0.25) is 0 Å². The summed E-state index contributed by atoms with van der Waals surface area (Å²) in [5.74, 6) is 1.07. The van der Waals surface area contributed by atoms with E-state index in [1.165, 1.54) is 0 Å². The van der Waals surface area contributed by atoms with Crippen LogP contribution in [0.5, 0.6) is 0 Å². The maximum atomic E-state index is 10.5. The van der Waals surface area contributed by atoms with Crippen LogP contribution < -0.4 is 16.4 Å². The van der Waals surface area contributed by atoms with Crippen molar-refractivity contribution >= 4 is 17.7 Å². The van der Waals surface area contributed by atoms with E-state index in [1.807, 2.05) is 6.92 Å². The molecule has 1 heterocycles. The van der Waals surface area contributed by atoms with Crippen molar-refractivity contribution in [2.45, 2.75) is 19.8 Å². The molecule has 4 N–H and O–H groups in total. The van der Waals surface area contributed by atoms with Gasteiger partial charge in [-0.3, -0.25) is 4.79 Å². The van der Waals surface area contributed by atoms with Crippen LogP contribution in [0.25, 0.3) is 0 Å². The fraction of sp³-hybridized carbons (Fsp3) is 0.500. The zero-order valence-electron chi connectivity index (χ0n) is 9.58. The minimum Gasteiger partial charge on any atom is -0.370 e. The molecule has 0 unspecified atom stereocenters. The Kier molecular flexibility index (Phi) is 4.50. The minimum atomic E-state index is -0.280. The highest BCUT2D eigenvalue weighted by molar-refractivity contribution is 5.73. The van der Waals surface area contributed by atoms with Crippen LogP contribution in [0.15, 0.2) is 6.20 Å². The van der Waals surface area contributed by atoms with E-state index in [0.717, 1.165) is 11.4 Å². The number of carbonyl (C=O) groups excluding carboxylic acids is 1. The molecule has 6 nitrogen and oxygen atoms in total. The number of rotatable bonds is 6. The van der Waals surface area contributed by atoms with Crippen molar-refractivity contribution in [1.82, 2.24) is 9.97 Å². The van der Waals surface area contributed by atoms with E-state index in [-0.39, 0.29) is 5.91 Å². The lowest BCUT2D eigenvalue weighted by atomic mass is 10.3. The van der Waals surface area contributed by atoms with E-state index >= 15 is 0 Å². The molecule has 6 heteroatoms. The summed E-state index contributed by atoms with van der Waals surface area (Å²) in [6, 6.07) is 0. The molecule has 0 aromatic carbocycles. The Morgan fingerprint density at radius 3 is 2.94 bits per heavy atom. The third-order valence-electron chi connectivity index (χ3n) is 2.09. The first kappa shape index (κ1) is 12.2. The third kappa shape index (κ3) is 3.72. The number of nitrogens with one attached hydrogen (secondary N) is 2. The Bertz CT molecular complexity index is 366. The van der Waals surface area contributed by atoms with Crippen molar-refractivity contribution in [2.75, 3.05) is 24.2 Å². The molecule has 1 aromatic heterocycles. The lowest BCUT2D eigenvalue weighted by molar-refractivity contribution is -0.118. The molecule has 88 valence electrons. The Morgan fingerprint density at radius 2 is 2.31 bits per heavy atom. The molecular weight excluding hydrogens is 206 g/mol. The summed E-state index contributed by atoms with van der Waals surface area (Å²) in [6.07, 6.45) is 2.83. The van der Waals surface area contributed by atoms with Crippen molar-refractivity contribution in [3.05, 3.63) is 11.8 Å². The Hall–Kier alpha value is -1.85. The molecule has 0 saturated carbocycles. The summed E-state index contributed by atoms with van der Waals surface area (Å²) in [4.78, 5) is 18.9. The van der Waals surface area contributed by atoms with Gasteiger partial charge < -0.3 is 16.4 Å². The first-order valence-electron chi connectivity index (χ1n) is 5.17. The maximum Gasteiger partial charge on any atom is 0.224 e. The summed E-state index contributed by atoms with van der Waals surface area (Å²) in [5.41, 5.74) is 6.02. The van der Waals surface area contributed by atoms with Crippen LogP contribution in [0.1, 0.15) is 18.4 Å². The van der Waals surface area contributed by atoms with Gasteiger partial charge >= 0.3 is 0 Å². The molecular formula is C10H17N5O. The highest BCUT2D eigenvalue weighted by atomic mass is 16.1. The maximum absolute atomic E-state index is 10.5. The summed E-state index contributed by atoms with van der Waals surface area (Å²) in [5, 5.41) is 6.01. The standard InChI is InChI=1S/C10H17N5O/c1-7-6-14-10(12-2)15-9(7)13-5-3-4-8(11)16/h6H,3-5H2,1-2H3,(H2,11,16)(H2,12,13,14,15). The molecule has 0 atom stereocenters. The van der Waals surface area contributed by atoms with Crippen LogP contribution in [-0.4, -0.2) is 29.5 Å². The molecule has 0 spiro atoms. The van der Waals surface area contributed by atoms with Gasteiger partial charge in [-0.2, -0.15) is 4.98 Å². The zero-order chi connectivity index (χ0) is 12.0. The van der Waals surface area contributed by atoms with E-state index < -0.39 is 0 Å². The van der Waals surface area contributed by atoms with Crippen molar-refractivity contribution < 1.29 is 4.79 Å². The van der Waals surface area contributed by atoms with Gasteiger partial charge in [-0.15, -0.1) is 0 Å². The van der Waals surface area contributed by atoms with Crippen LogP contribution in [0.3, 0.4) is 0 Å². The summed E-state index contributed by atoms with van der Waals surface area (Å²) in [7, 11) is 1.77. The molecule has 0 radical (unpaired) electrons. The second-order valence-electron chi connectivity index (χ2n) is 3.47. The molecule has 0 aliphatic rings. The van der Waals surface area contributed by atoms with Crippen LogP contribution in [0.4, 0.5) is 11.8 Å². The predicted octanol–water partition coefficient (Wildman–Crippen LogP) is 0.504. The summed E-state index contributed by atoms with van der Waals surface area (Å²) in [6.45, 7) is 2.60. The first-order chi connectivity index (χ1) is 7.63. The number of hydrogen-bond acceptors (Lipinski definition) is 5. The number of nitrogens with zero attached hydrogens (tertiary/aromatic N) is 2. The molecule has 0 aliphatic heterocycles. The van der Waals surface area contributed by atoms with Crippen molar-refractivity contribution in [2.24, 2.45) is 5.73 Å². The summed E-state index contributed by atoms with van der Waals surface area (Å²) >= 11 is 0. The van der Waals surface area contributed by atoms with Gasteiger partial charge in [0.15, 0.2) is 0 Å².